The summed E-state index contributed by atoms with van der Waals surface area (Å²) in [4.78, 5) is 21.8. The first-order valence-corrected chi connectivity index (χ1v) is 8.80. The Balaban J connectivity index is 1.34. The summed E-state index contributed by atoms with van der Waals surface area (Å²) in [5.74, 6) is 1.14. The Morgan fingerprint density at radius 3 is 2.85 bits per heavy atom. The number of rotatable bonds is 5. The van der Waals surface area contributed by atoms with Gasteiger partial charge in [-0.25, -0.2) is 9.37 Å². The van der Waals surface area contributed by atoms with E-state index < -0.39 is 0 Å². The monoisotopic (exact) mass is 353 g/mol. The Kier molecular flexibility index (Phi) is 4.67. The van der Waals surface area contributed by atoms with Crippen molar-refractivity contribution in [3.8, 4) is 5.75 Å². The predicted octanol–water partition coefficient (Wildman–Crippen LogP) is 2.76. The lowest BCUT2D eigenvalue weighted by Gasteiger charge is -2.16. The number of nitrogens with zero attached hydrogens (tertiary/aromatic N) is 2. The molecule has 3 aromatic rings. The van der Waals surface area contributed by atoms with Crippen LogP contribution in [0.2, 0.25) is 0 Å². The van der Waals surface area contributed by atoms with E-state index in [2.05, 4.69) is 14.9 Å². The van der Waals surface area contributed by atoms with Gasteiger partial charge in [0.15, 0.2) is 0 Å². The maximum absolute atomic E-state index is 13.0. The molecule has 134 valence electrons. The van der Waals surface area contributed by atoms with Gasteiger partial charge in [0, 0.05) is 26.1 Å². The second-order valence-corrected chi connectivity index (χ2v) is 6.56. The minimum Gasteiger partial charge on any atom is -0.489 e. The van der Waals surface area contributed by atoms with Crippen molar-refractivity contribution in [2.75, 3.05) is 19.6 Å². The molecule has 1 atom stereocenters. The van der Waals surface area contributed by atoms with Gasteiger partial charge in [0.05, 0.1) is 10.9 Å². The summed E-state index contributed by atoms with van der Waals surface area (Å²) in [6, 6.07) is 13.5. The van der Waals surface area contributed by atoms with E-state index in [4.69, 9.17) is 4.74 Å². The molecule has 0 aliphatic carbocycles. The quantitative estimate of drug-likeness (QED) is 0.766. The average molecular weight is 353 g/mol. The average Bonchev–Trinajstić information content (AvgIpc) is 3.09. The third kappa shape index (κ3) is 3.75. The summed E-state index contributed by atoms with van der Waals surface area (Å²) >= 11 is 0. The van der Waals surface area contributed by atoms with Crippen molar-refractivity contribution in [3.05, 3.63) is 70.5 Å². The lowest BCUT2D eigenvalue weighted by molar-refractivity contribution is 0.200. The van der Waals surface area contributed by atoms with Crippen molar-refractivity contribution >= 4 is 10.9 Å². The molecule has 1 saturated heterocycles. The molecule has 1 aliphatic heterocycles. The van der Waals surface area contributed by atoms with Crippen molar-refractivity contribution in [1.29, 1.82) is 0 Å². The minimum absolute atomic E-state index is 0.0930. The molecule has 1 fully saturated rings. The van der Waals surface area contributed by atoms with Crippen molar-refractivity contribution < 1.29 is 9.13 Å². The van der Waals surface area contributed by atoms with Crippen LogP contribution < -0.4 is 10.3 Å². The van der Waals surface area contributed by atoms with Crippen LogP contribution in [0.3, 0.4) is 0 Å². The van der Waals surface area contributed by atoms with Crippen LogP contribution in [-0.4, -0.2) is 40.6 Å². The largest absolute Gasteiger partial charge is 0.489 e. The van der Waals surface area contributed by atoms with Crippen molar-refractivity contribution in [2.24, 2.45) is 0 Å². The highest BCUT2D eigenvalue weighted by atomic mass is 19.1. The van der Waals surface area contributed by atoms with Crippen LogP contribution in [0.5, 0.6) is 5.75 Å². The molecule has 1 unspecified atom stereocenters. The number of ether oxygens (including phenoxy) is 1. The van der Waals surface area contributed by atoms with Crippen molar-refractivity contribution in [2.45, 2.75) is 18.9 Å². The SMILES string of the molecule is O=c1[nH]c(CCN2CCC(Oc3ccc(F)cc3)C2)nc2ccccc12. The van der Waals surface area contributed by atoms with Gasteiger partial charge in [-0.3, -0.25) is 9.69 Å². The number of halogens is 1. The van der Waals surface area contributed by atoms with Crippen LogP contribution in [0.15, 0.2) is 53.3 Å². The molecule has 0 radical (unpaired) electrons. The first-order valence-electron chi connectivity index (χ1n) is 8.80. The molecule has 4 rings (SSSR count). The Hall–Kier alpha value is -2.73. The summed E-state index contributed by atoms with van der Waals surface area (Å²) in [6.07, 6.45) is 1.71. The van der Waals surface area contributed by atoms with E-state index in [9.17, 15) is 9.18 Å². The van der Waals surface area contributed by atoms with Gasteiger partial charge in [0.2, 0.25) is 0 Å². The van der Waals surface area contributed by atoms with E-state index in [1.807, 2.05) is 18.2 Å². The van der Waals surface area contributed by atoms with Crippen LogP contribution >= 0.6 is 0 Å². The zero-order chi connectivity index (χ0) is 17.9. The number of hydrogen-bond acceptors (Lipinski definition) is 4. The van der Waals surface area contributed by atoms with Crippen LogP contribution in [0.4, 0.5) is 4.39 Å². The molecule has 0 amide bonds. The Bertz CT molecular complexity index is 955. The number of para-hydroxylation sites is 1. The second-order valence-electron chi connectivity index (χ2n) is 6.56. The number of aromatic nitrogens is 2. The Morgan fingerprint density at radius 1 is 1.19 bits per heavy atom. The lowest BCUT2D eigenvalue weighted by atomic mass is 10.2. The zero-order valence-electron chi connectivity index (χ0n) is 14.3. The van der Waals surface area contributed by atoms with Gasteiger partial charge in [0.25, 0.3) is 5.56 Å². The summed E-state index contributed by atoms with van der Waals surface area (Å²) in [5, 5.41) is 0.616. The molecule has 1 N–H and O–H groups in total. The number of fused-ring (bicyclic) bond motifs is 1. The third-order valence-electron chi connectivity index (χ3n) is 4.67. The second kappa shape index (κ2) is 7.25. The minimum atomic E-state index is -0.262. The molecular weight excluding hydrogens is 333 g/mol. The van der Waals surface area contributed by atoms with Crippen LogP contribution in [0.1, 0.15) is 12.2 Å². The highest BCUT2D eigenvalue weighted by Gasteiger charge is 2.23. The molecule has 1 aromatic heterocycles. The number of aromatic amines is 1. The van der Waals surface area contributed by atoms with E-state index in [0.717, 1.165) is 31.6 Å². The fraction of sp³-hybridized carbons (Fsp3) is 0.300. The number of nitrogens with one attached hydrogen (secondary N) is 1. The summed E-state index contributed by atoms with van der Waals surface area (Å²) < 4.78 is 18.9. The number of hydrogen-bond donors (Lipinski definition) is 1. The molecule has 2 heterocycles. The molecule has 0 saturated carbocycles. The lowest BCUT2D eigenvalue weighted by Crippen LogP contribution is -2.27. The highest BCUT2D eigenvalue weighted by molar-refractivity contribution is 5.77. The van der Waals surface area contributed by atoms with Gasteiger partial charge in [-0.2, -0.15) is 0 Å². The van der Waals surface area contributed by atoms with Crippen LogP contribution in [-0.2, 0) is 6.42 Å². The number of likely N-dealkylation sites (tertiary alicyclic amines) is 1. The molecule has 0 bridgehead atoms. The smallest absolute Gasteiger partial charge is 0.258 e. The normalized spacial score (nSPS) is 17.7. The molecule has 6 heteroatoms. The van der Waals surface area contributed by atoms with Crippen LogP contribution in [0.25, 0.3) is 10.9 Å². The van der Waals surface area contributed by atoms with Gasteiger partial charge in [-0.1, -0.05) is 12.1 Å². The molecular formula is C20H20FN3O2. The molecule has 0 spiro atoms. The fourth-order valence-electron chi connectivity index (χ4n) is 3.32. The molecule has 1 aliphatic rings. The third-order valence-corrected chi connectivity index (χ3v) is 4.67. The maximum atomic E-state index is 13.0. The standard InChI is InChI=1S/C20H20FN3O2/c21-14-5-7-15(8-6-14)26-16-9-11-24(13-16)12-10-19-22-18-4-2-1-3-17(18)20(25)23-19/h1-8,16H,9-13H2,(H,22,23,25). The summed E-state index contributed by atoms with van der Waals surface area (Å²) in [6.45, 7) is 2.56. The first kappa shape index (κ1) is 16.7. The Morgan fingerprint density at radius 2 is 2.00 bits per heavy atom. The van der Waals surface area contributed by atoms with E-state index in [1.54, 1.807) is 18.2 Å². The fourth-order valence-corrected chi connectivity index (χ4v) is 3.32. The van der Waals surface area contributed by atoms with Gasteiger partial charge >= 0.3 is 0 Å². The first-order chi connectivity index (χ1) is 12.7. The van der Waals surface area contributed by atoms with Crippen LogP contribution in [0, 0.1) is 5.82 Å². The van der Waals surface area contributed by atoms with Gasteiger partial charge in [-0.05, 0) is 42.8 Å². The predicted molar refractivity (Wildman–Crippen MR) is 97.9 cm³/mol. The molecule has 26 heavy (non-hydrogen) atoms. The highest BCUT2D eigenvalue weighted by Crippen LogP contribution is 2.19. The van der Waals surface area contributed by atoms with E-state index in [1.165, 1.54) is 12.1 Å². The van der Waals surface area contributed by atoms with E-state index in [-0.39, 0.29) is 17.5 Å². The Labute approximate surface area is 150 Å². The maximum Gasteiger partial charge on any atom is 0.258 e. The van der Waals surface area contributed by atoms with Crippen molar-refractivity contribution in [1.82, 2.24) is 14.9 Å². The van der Waals surface area contributed by atoms with Gasteiger partial charge in [-0.15, -0.1) is 0 Å². The zero-order valence-corrected chi connectivity index (χ0v) is 14.3. The topological polar surface area (TPSA) is 58.2 Å². The molecule has 2 aromatic carbocycles. The van der Waals surface area contributed by atoms with E-state index >= 15 is 0 Å². The number of benzene rings is 2. The van der Waals surface area contributed by atoms with Crippen molar-refractivity contribution in [3.63, 3.8) is 0 Å². The number of H-pyrrole nitrogens is 1. The summed E-state index contributed by atoms with van der Waals surface area (Å²) in [7, 11) is 0. The van der Waals surface area contributed by atoms with E-state index in [0.29, 0.717) is 23.4 Å². The summed E-state index contributed by atoms with van der Waals surface area (Å²) in [5.41, 5.74) is 0.634. The molecule has 5 nitrogen and oxygen atoms in total. The van der Waals surface area contributed by atoms with Gasteiger partial charge in [0.1, 0.15) is 23.5 Å². The van der Waals surface area contributed by atoms with Gasteiger partial charge < -0.3 is 9.72 Å².